The molecule has 0 aliphatic carbocycles. The normalized spacial score (nSPS) is 21.9. The van der Waals surface area contributed by atoms with Crippen molar-refractivity contribution in [2.75, 3.05) is 32.4 Å². The molecule has 0 aromatic carbocycles. The summed E-state index contributed by atoms with van der Waals surface area (Å²) in [4.78, 5) is 10.5. The van der Waals surface area contributed by atoms with Gasteiger partial charge in [0.25, 0.3) is 0 Å². The molecule has 1 aliphatic rings. The number of sulfonamides is 1. The first-order valence-electron chi connectivity index (χ1n) is 6.33. The number of primary amides is 1. The van der Waals surface area contributed by atoms with E-state index in [1.165, 1.54) is 6.26 Å². The van der Waals surface area contributed by atoms with Crippen molar-refractivity contribution in [1.82, 2.24) is 9.62 Å². The highest BCUT2D eigenvalue weighted by atomic mass is 32.2. The molecule has 1 heterocycles. The molecule has 1 aliphatic heterocycles. The Kier molecular flexibility index (Phi) is 6.04. The molecule has 1 unspecified atom stereocenters. The molecular weight excluding hydrogens is 254 g/mol. The fraction of sp³-hybridized carbons (Fsp3) is 0.909. The molecule has 6 nitrogen and oxygen atoms in total. The molecule has 106 valence electrons. The standard InChI is InChI=1S/C11H23N3O3S/c1-18(16,17)14-7-3-4-10(9-14)8-13-6-2-5-11(12)15/h10,13H,2-9H2,1H3,(H2,12,15). The van der Waals surface area contributed by atoms with Crippen LogP contribution in [0.5, 0.6) is 0 Å². The summed E-state index contributed by atoms with van der Waals surface area (Å²) in [6.07, 6.45) is 4.36. The lowest BCUT2D eigenvalue weighted by molar-refractivity contribution is -0.118. The van der Waals surface area contributed by atoms with Gasteiger partial charge in [0.05, 0.1) is 6.26 Å². The van der Waals surface area contributed by atoms with Gasteiger partial charge in [-0.05, 0) is 38.3 Å². The van der Waals surface area contributed by atoms with Crippen molar-refractivity contribution < 1.29 is 13.2 Å². The first-order chi connectivity index (χ1) is 8.39. The predicted molar refractivity (Wildman–Crippen MR) is 70.4 cm³/mol. The summed E-state index contributed by atoms with van der Waals surface area (Å²) in [5.74, 6) is 0.0831. The number of nitrogens with one attached hydrogen (secondary N) is 1. The van der Waals surface area contributed by atoms with Crippen molar-refractivity contribution in [2.24, 2.45) is 11.7 Å². The van der Waals surface area contributed by atoms with Crippen LogP contribution in [-0.4, -0.2) is 51.1 Å². The molecule has 0 aromatic rings. The zero-order valence-corrected chi connectivity index (χ0v) is 11.7. The van der Waals surface area contributed by atoms with Crippen LogP contribution in [0.25, 0.3) is 0 Å². The maximum atomic E-state index is 11.4. The van der Waals surface area contributed by atoms with Gasteiger partial charge in [-0.2, -0.15) is 0 Å². The van der Waals surface area contributed by atoms with Crippen molar-refractivity contribution in [3.63, 3.8) is 0 Å². The molecule has 0 radical (unpaired) electrons. The second-order valence-corrected chi connectivity index (χ2v) is 6.89. The Hall–Kier alpha value is -0.660. The van der Waals surface area contributed by atoms with Gasteiger partial charge in [-0.15, -0.1) is 0 Å². The Bertz CT molecular complexity index is 370. The lowest BCUT2D eigenvalue weighted by Gasteiger charge is -2.31. The third-order valence-electron chi connectivity index (χ3n) is 3.16. The topological polar surface area (TPSA) is 92.5 Å². The number of hydrogen-bond donors (Lipinski definition) is 2. The Morgan fingerprint density at radius 3 is 2.83 bits per heavy atom. The minimum absolute atomic E-state index is 0.280. The average molecular weight is 277 g/mol. The van der Waals surface area contributed by atoms with Crippen LogP contribution in [0.4, 0.5) is 0 Å². The number of rotatable bonds is 7. The fourth-order valence-electron chi connectivity index (χ4n) is 2.19. The Morgan fingerprint density at radius 2 is 2.22 bits per heavy atom. The zero-order chi connectivity index (χ0) is 13.6. The number of nitrogens with two attached hydrogens (primary N) is 1. The lowest BCUT2D eigenvalue weighted by Crippen LogP contribution is -2.42. The molecule has 0 spiro atoms. The van der Waals surface area contributed by atoms with Crippen LogP contribution in [0.1, 0.15) is 25.7 Å². The molecule has 1 fully saturated rings. The van der Waals surface area contributed by atoms with E-state index in [2.05, 4.69) is 5.32 Å². The highest BCUT2D eigenvalue weighted by Gasteiger charge is 2.25. The largest absolute Gasteiger partial charge is 0.370 e. The SMILES string of the molecule is CS(=O)(=O)N1CCCC(CNCCCC(N)=O)C1. The minimum atomic E-state index is -3.06. The number of amides is 1. The van der Waals surface area contributed by atoms with E-state index in [4.69, 9.17) is 5.73 Å². The third-order valence-corrected chi connectivity index (χ3v) is 4.43. The van der Waals surface area contributed by atoms with Gasteiger partial charge in [-0.3, -0.25) is 4.79 Å². The van der Waals surface area contributed by atoms with E-state index in [0.29, 0.717) is 25.4 Å². The van der Waals surface area contributed by atoms with Gasteiger partial charge in [-0.1, -0.05) is 0 Å². The molecular formula is C11H23N3O3S. The van der Waals surface area contributed by atoms with Crippen molar-refractivity contribution in [2.45, 2.75) is 25.7 Å². The molecule has 0 saturated carbocycles. The molecule has 0 bridgehead atoms. The van der Waals surface area contributed by atoms with E-state index in [1.54, 1.807) is 4.31 Å². The summed E-state index contributed by atoms with van der Waals surface area (Å²) < 4.78 is 24.4. The monoisotopic (exact) mass is 277 g/mol. The van der Waals surface area contributed by atoms with Gasteiger partial charge in [-0.25, -0.2) is 12.7 Å². The minimum Gasteiger partial charge on any atom is -0.370 e. The van der Waals surface area contributed by atoms with Crippen molar-refractivity contribution in [1.29, 1.82) is 0 Å². The van der Waals surface area contributed by atoms with Crippen LogP contribution in [0.3, 0.4) is 0 Å². The van der Waals surface area contributed by atoms with Crippen LogP contribution in [0.2, 0.25) is 0 Å². The summed E-state index contributed by atoms with van der Waals surface area (Å²) >= 11 is 0. The average Bonchev–Trinajstić information content (AvgIpc) is 2.27. The molecule has 1 atom stereocenters. The van der Waals surface area contributed by atoms with Crippen molar-refractivity contribution in [3.05, 3.63) is 0 Å². The molecule has 7 heteroatoms. The quantitative estimate of drug-likeness (QED) is 0.614. The summed E-state index contributed by atoms with van der Waals surface area (Å²) in [6.45, 7) is 2.78. The van der Waals surface area contributed by atoms with Gasteiger partial charge < -0.3 is 11.1 Å². The number of hydrogen-bond acceptors (Lipinski definition) is 4. The van der Waals surface area contributed by atoms with Gasteiger partial charge >= 0.3 is 0 Å². The smallest absolute Gasteiger partial charge is 0.217 e. The van der Waals surface area contributed by atoms with Crippen LogP contribution >= 0.6 is 0 Å². The highest BCUT2D eigenvalue weighted by Crippen LogP contribution is 2.17. The van der Waals surface area contributed by atoms with Crippen LogP contribution < -0.4 is 11.1 Å². The number of piperidine rings is 1. The molecule has 18 heavy (non-hydrogen) atoms. The van der Waals surface area contributed by atoms with E-state index in [0.717, 1.165) is 32.4 Å². The van der Waals surface area contributed by atoms with E-state index in [9.17, 15) is 13.2 Å². The summed E-state index contributed by atoms with van der Waals surface area (Å²) in [5.41, 5.74) is 5.04. The van der Waals surface area contributed by atoms with E-state index < -0.39 is 10.0 Å². The molecule has 1 saturated heterocycles. The van der Waals surface area contributed by atoms with Crippen LogP contribution in [0, 0.1) is 5.92 Å². The van der Waals surface area contributed by atoms with E-state index in [-0.39, 0.29) is 5.91 Å². The summed E-state index contributed by atoms with van der Waals surface area (Å²) in [5, 5.41) is 3.25. The number of carbonyl (C=O) groups is 1. The maximum Gasteiger partial charge on any atom is 0.217 e. The van der Waals surface area contributed by atoms with Crippen LogP contribution in [0.15, 0.2) is 0 Å². The first-order valence-corrected chi connectivity index (χ1v) is 8.18. The number of carbonyl (C=O) groups excluding carboxylic acids is 1. The van der Waals surface area contributed by atoms with Gasteiger partial charge in [0, 0.05) is 19.5 Å². The lowest BCUT2D eigenvalue weighted by atomic mass is 10.00. The Labute approximate surface area is 109 Å². The van der Waals surface area contributed by atoms with Gasteiger partial charge in [0.2, 0.25) is 15.9 Å². The first kappa shape index (κ1) is 15.4. The fourth-order valence-corrected chi connectivity index (χ4v) is 3.13. The third kappa shape index (κ3) is 5.79. The van der Waals surface area contributed by atoms with E-state index in [1.807, 2.05) is 0 Å². The number of nitrogens with zero attached hydrogens (tertiary/aromatic N) is 1. The van der Waals surface area contributed by atoms with Crippen LogP contribution in [-0.2, 0) is 14.8 Å². The van der Waals surface area contributed by atoms with E-state index >= 15 is 0 Å². The Balaban J connectivity index is 2.21. The zero-order valence-electron chi connectivity index (χ0n) is 10.9. The van der Waals surface area contributed by atoms with Crippen molar-refractivity contribution in [3.8, 4) is 0 Å². The molecule has 0 aromatic heterocycles. The van der Waals surface area contributed by atoms with Gasteiger partial charge in [0.15, 0.2) is 0 Å². The van der Waals surface area contributed by atoms with Crippen molar-refractivity contribution >= 4 is 15.9 Å². The predicted octanol–water partition coefficient (Wildman–Crippen LogP) is -0.487. The van der Waals surface area contributed by atoms with Gasteiger partial charge in [0.1, 0.15) is 0 Å². The second-order valence-electron chi connectivity index (χ2n) is 4.90. The molecule has 3 N–H and O–H groups in total. The second kappa shape index (κ2) is 7.06. The Morgan fingerprint density at radius 1 is 1.50 bits per heavy atom. The maximum absolute atomic E-state index is 11.4. The molecule has 1 rings (SSSR count). The molecule has 1 amide bonds. The highest BCUT2D eigenvalue weighted by molar-refractivity contribution is 7.88. The summed E-state index contributed by atoms with van der Waals surface area (Å²) in [6, 6.07) is 0. The summed E-state index contributed by atoms with van der Waals surface area (Å²) in [7, 11) is -3.06.